The molecule has 2 aliphatic heterocycles. The molecular weight excluding hydrogens is 733 g/mol. The number of benzene rings is 4. The summed E-state index contributed by atoms with van der Waals surface area (Å²) in [6.45, 7) is 3.97. The molecule has 2 heterocycles. The van der Waals surface area contributed by atoms with E-state index in [0.717, 1.165) is 22.3 Å². The van der Waals surface area contributed by atoms with E-state index >= 15 is 0 Å². The van der Waals surface area contributed by atoms with Gasteiger partial charge in [0, 0.05) is 17.8 Å². The van der Waals surface area contributed by atoms with Crippen molar-refractivity contribution in [2.75, 3.05) is 22.1 Å². The minimum absolute atomic E-state index is 0.0416. The number of anilines is 2. The van der Waals surface area contributed by atoms with Gasteiger partial charge in [-0.05, 0) is 60.4 Å². The summed E-state index contributed by atoms with van der Waals surface area (Å²) in [6, 6.07) is 30.1. The van der Waals surface area contributed by atoms with Gasteiger partial charge in [-0.3, -0.25) is 9.59 Å². The smallest absolute Gasteiger partial charge is 0.234 e. The van der Waals surface area contributed by atoms with Gasteiger partial charge in [0.25, 0.3) is 0 Å². The van der Waals surface area contributed by atoms with Crippen LogP contribution in [0.3, 0.4) is 0 Å². The molecule has 16 heteroatoms. The first-order valence-corrected chi connectivity index (χ1v) is 18.9. The van der Waals surface area contributed by atoms with Crippen LogP contribution in [0.2, 0.25) is 0 Å². The molecule has 55 heavy (non-hydrogen) atoms. The summed E-state index contributed by atoms with van der Waals surface area (Å²) < 4.78 is 0. The van der Waals surface area contributed by atoms with Gasteiger partial charge in [0.05, 0.1) is 34.8 Å². The molecule has 6 rings (SSSR count). The Balaban J connectivity index is 1.03. The number of nitrogens with zero attached hydrogens (tertiary/aromatic N) is 6. The SMILES string of the molecule is Cc1cccc([C@@H]2N=C(N)NC(SCC(=O)Nc3ccc(Cc4ccc(NC(=O)CSC5=N[C@H](c6cccc(C)c6)N=C(N)N5)cc4C#N)c(C#N)c3)=N2)c1. The number of guanidine groups is 2. The molecule has 0 aromatic heterocycles. The standard InChI is InChI=1S/C39H36N12O2S2/c1-22-5-3-7-26(13-22)34-46-36(42)50-38(48-34)54-20-32(52)44-30-11-9-24(28(16-30)18-40)15-25-10-12-31(17-29(25)19-41)45-33(53)21-55-39-49-35(47-37(43)51-39)27-8-4-6-23(2)14-27/h3-14,16-17,34-35H,15,20-21H2,1-2H3,(H,44,52)(H,45,53)(H3,42,46,48,50)(H3,43,47,49,51)/t34-,35-/m1/s1. The fourth-order valence-corrected chi connectivity index (χ4v) is 7.07. The van der Waals surface area contributed by atoms with E-state index in [0.29, 0.717) is 44.0 Å². The van der Waals surface area contributed by atoms with E-state index in [1.807, 2.05) is 62.4 Å². The van der Waals surface area contributed by atoms with E-state index in [1.54, 1.807) is 36.4 Å². The van der Waals surface area contributed by atoms with E-state index in [-0.39, 0.29) is 41.7 Å². The maximum absolute atomic E-state index is 12.9. The first-order valence-electron chi connectivity index (χ1n) is 17.0. The molecule has 0 saturated heterocycles. The number of rotatable bonds is 10. The van der Waals surface area contributed by atoms with Gasteiger partial charge in [-0.25, -0.2) is 20.0 Å². The van der Waals surface area contributed by atoms with Gasteiger partial charge >= 0.3 is 0 Å². The van der Waals surface area contributed by atoms with E-state index in [9.17, 15) is 20.1 Å². The van der Waals surface area contributed by atoms with Gasteiger partial charge in [-0.2, -0.15) is 10.5 Å². The number of amides is 2. The highest BCUT2D eigenvalue weighted by atomic mass is 32.2. The predicted molar refractivity (Wildman–Crippen MR) is 220 cm³/mol. The van der Waals surface area contributed by atoms with Crippen molar-refractivity contribution < 1.29 is 9.59 Å². The lowest BCUT2D eigenvalue weighted by Gasteiger charge is -2.19. The monoisotopic (exact) mass is 768 g/mol. The van der Waals surface area contributed by atoms with Crippen molar-refractivity contribution in [3.8, 4) is 12.1 Å². The van der Waals surface area contributed by atoms with Crippen molar-refractivity contribution in [3.63, 3.8) is 0 Å². The fourth-order valence-electron chi connectivity index (χ4n) is 5.69. The van der Waals surface area contributed by atoms with E-state index in [1.165, 1.54) is 23.5 Å². The van der Waals surface area contributed by atoms with Gasteiger partial charge in [0.15, 0.2) is 34.6 Å². The molecule has 0 bridgehead atoms. The highest BCUT2D eigenvalue weighted by Gasteiger charge is 2.20. The second kappa shape index (κ2) is 17.5. The number of aliphatic imine (C=N–C) groups is 4. The van der Waals surface area contributed by atoms with Gasteiger partial charge in [-0.15, -0.1) is 0 Å². The minimum atomic E-state index is -0.506. The number of thioether (sulfide) groups is 2. The number of amidine groups is 2. The zero-order valence-corrected chi connectivity index (χ0v) is 31.5. The number of carbonyl (C=O) groups is 2. The molecule has 0 radical (unpaired) electrons. The van der Waals surface area contributed by atoms with Crippen molar-refractivity contribution in [2.24, 2.45) is 31.4 Å². The topological polar surface area (TPSA) is 231 Å². The molecule has 14 nitrogen and oxygen atoms in total. The van der Waals surface area contributed by atoms with Crippen LogP contribution >= 0.6 is 23.5 Å². The van der Waals surface area contributed by atoms with Crippen LogP contribution in [0.15, 0.2) is 105 Å². The van der Waals surface area contributed by atoms with Gasteiger partial charge in [0.1, 0.15) is 0 Å². The zero-order chi connectivity index (χ0) is 38.9. The summed E-state index contributed by atoms with van der Waals surface area (Å²) in [5.41, 5.74) is 18.9. The summed E-state index contributed by atoms with van der Waals surface area (Å²) in [7, 11) is 0. The molecule has 0 fully saturated rings. The van der Waals surface area contributed by atoms with Crippen LogP contribution in [-0.4, -0.2) is 45.6 Å². The summed E-state index contributed by atoms with van der Waals surface area (Å²) in [5, 5.41) is 32.3. The first-order chi connectivity index (χ1) is 26.5. The second-order valence-electron chi connectivity index (χ2n) is 12.5. The Morgan fingerprint density at radius 2 is 1.11 bits per heavy atom. The number of hydrogen-bond acceptors (Lipinski definition) is 14. The summed E-state index contributed by atoms with van der Waals surface area (Å²) in [6.07, 6.45) is -0.728. The molecule has 4 aromatic carbocycles. The average Bonchev–Trinajstić information content (AvgIpc) is 3.17. The van der Waals surface area contributed by atoms with Gasteiger partial charge < -0.3 is 32.7 Å². The molecule has 276 valence electrons. The van der Waals surface area contributed by atoms with Crippen molar-refractivity contribution in [2.45, 2.75) is 32.6 Å². The van der Waals surface area contributed by atoms with Crippen molar-refractivity contribution in [1.29, 1.82) is 10.5 Å². The van der Waals surface area contributed by atoms with E-state index in [2.05, 4.69) is 53.4 Å². The molecule has 2 atom stereocenters. The Morgan fingerprint density at radius 1 is 0.673 bits per heavy atom. The Hall–Kier alpha value is -6.62. The third-order valence-electron chi connectivity index (χ3n) is 8.24. The van der Waals surface area contributed by atoms with Crippen LogP contribution in [-0.2, 0) is 16.0 Å². The third-order valence-corrected chi connectivity index (χ3v) is 10.0. The average molecular weight is 769 g/mol. The van der Waals surface area contributed by atoms with E-state index in [4.69, 9.17) is 11.5 Å². The first kappa shape index (κ1) is 38.1. The van der Waals surface area contributed by atoms with Crippen molar-refractivity contribution in [3.05, 3.63) is 129 Å². The fraction of sp³-hybridized carbons (Fsp3) is 0.179. The molecule has 0 saturated carbocycles. The molecule has 0 aliphatic carbocycles. The predicted octanol–water partition coefficient (Wildman–Crippen LogP) is 4.93. The Kier molecular flexibility index (Phi) is 12.1. The highest BCUT2D eigenvalue weighted by molar-refractivity contribution is 8.14. The normalized spacial score (nSPS) is 16.1. The molecule has 0 spiro atoms. The molecule has 2 amide bonds. The summed E-state index contributed by atoms with van der Waals surface area (Å²) >= 11 is 2.38. The minimum Gasteiger partial charge on any atom is -0.370 e. The zero-order valence-electron chi connectivity index (χ0n) is 29.8. The number of hydrogen-bond donors (Lipinski definition) is 6. The van der Waals surface area contributed by atoms with Gasteiger partial charge in [-0.1, -0.05) is 95.3 Å². The lowest BCUT2D eigenvalue weighted by atomic mass is 9.96. The van der Waals surface area contributed by atoms with Crippen LogP contribution in [0.1, 0.15) is 56.8 Å². The van der Waals surface area contributed by atoms with Crippen LogP contribution in [0, 0.1) is 36.5 Å². The van der Waals surface area contributed by atoms with Crippen LogP contribution < -0.4 is 32.7 Å². The number of nitrogens with one attached hydrogen (secondary N) is 4. The second-order valence-corrected chi connectivity index (χ2v) is 14.5. The Morgan fingerprint density at radius 3 is 1.51 bits per heavy atom. The molecule has 4 aromatic rings. The summed E-state index contributed by atoms with van der Waals surface area (Å²) in [4.78, 5) is 43.6. The number of aryl methyl sites for hydroxylation is 2. The molecule has 2 aliphatic rings. The summed E-state index contributed by atoms with van der Waals surface area (Å²) in [5.74, 6) is -0.0837. The Labute approximate surface area is 326 Å². The lowest BCUT2D eigenvalue weighted by molar-refractivity contribution is -0.114. The van der Waals surface area contributed by atoms with E-state index < -0.39 is 12.3 Å². The van der Waals surface area contributed by atoms with Crippen LogP contribution in [0.5, 0.6) is 0 Å². The van der Waals surface area contributed by atoms with Crippen LogP contribution in [0.25, 0.3) is 0 Å². The van der Waals surface area contributed by atoms with Crippen LogP contribution in [0.4, 0.5) is 11.4 Å². The number of nitrogens with two attached hydrogens (primary N) is 2. The maximum atomic E-state index is 12.9. The highest BCUT2D eigenvalue weighted by Crippen LogP contribution is 2.27. The van der Waals surface area contributed by atoms with Gasteiger partial charge in [0.2, 0.25) is 11.8 Å². The number of carbonyl (C=O) groups excluding carboxylic acids is 2. The molecular formula is C39H36N12O2S2. The molecule has 8 N–H and O–H groups in total. The Bertz CT molecular complexity index is 2200. The molecule has 0 unspecified atom stereocenters. The lowest BCUT2D eigenvalue weighted by Crippen LogP contribution is -2.39. The van der Waals surface area contributed by atoms with Crippen molar-refractivity contribution >= 4 is 69.0 Å². The quantitative estimate of drug-likeness (QED) is 0.127. The van der Waals surface area contributed by atoms with Crippen molar-refractivity contribution in [1.82, 2.24) is 10.6 Å². The maximum Gasteiger partial charge on any atom is 0.234 e. The largest absolute Gasteiger partial charge is 0.370 e. The number of nitriles is 2. The third kappa shape index (κ3) is 10.3.